The van der Waals surface area contributed by atoms with Crippen LogP contribution >= 0.6 is 15.9 Å². The van der Waals surface area contributed by atoms with Gasteiger partial charge in [-0.2, -0.15) is 0 Å². The largest absolute Gasteiger partial charge is 0.492 e. The molecule has 0 heterocycles. The molecule has 0 aliphatic rings. The van der Waals surface area contributed by atoms with Gasteiger partial charge in [0.05, 0.1) is 30.2 Å². The number of hydrogen-bond donors (Lipinski definition) is 2. The van der Waals surface area contributed by atoms with Gasteiger partial charge >= 0.3 is 0 Å². The van der Waals surface area contributed by atoms with E-state index in [1.807, 2.05) is 50.2 Å². The van der Waals surface area contributed by atoms with Gasteiger partial charge in [0.15, 0.2) is 0 Å². The molecule has 3 aromatic rings. The summed E-state index contributed by atoms with van der Waals surface area (Å²) in [6.07, 6.45) is 3.18. The Morgan fingerprint density at radius 1 is 0.848 bits per heavy atom. The van der Waals surface area contributed by atoms with Crippen LogP contribution in [-0.4, -0.2) is 25.0 Å². The maximum atomic E-state index is 12.8. The second-order valence-electron chi connectivity index (χ2n) is 6.88. The van der Waals surface area contributed by atoms with Gasteiger partial charge in [-0.05, 0) is 53.5 Å². The van der Waals surface area contributed by atoms with Gasteiger partial charge in [-0.1, -0.05) is 42.5 Å². The smallest absolute Gasteiger partial charge is 0.256 e. The minimum Gasteiger partial charge on any atom is -0.492 e. The predicted molar refractivity (Wildman–Crippen MR) is 135 cm³/mol. The lowest BCUT2D eigenvalue weighted by molar-refractivity contribution is -0.111. The van der Waals surface area contributed by atoms with E-state index in [1.165, 1.54) is 6.08 Å². The van der Waals surface area contributed by atoms with Gasteiger partial charge in [0.1, 0.15) is 11.5 Å². The van der Waals surface area contributed by atoms with Crippen molar-refractivity contribution < 1.29 is 19.1 Å². The zero-order valence-corrected chi connectivity index (χ0v) is 20.0. The lowest BCUT2D eigenvalue weighted by atomic mass is 10.2. The third-order valence-electron chi connectivity index (χ3n) is 4.53. The number of nitrogens with one attached hydrogen (secondary N) is 2. The molecular weight excluding hydrogens is 484 g/mol. The third kappa shape index (κ3) is 6.70. The monoisotopic (exact) mass is 508 g/mol. The minimum atomic E-state index is -0.313. The number of carbonyl (C=O) groups excluding carboxylic acids is 2. The molecule has 3 rings (SSSR count). The summed E-state index contributed by atoms with van der Waals surface area (Å²) in [4.78, 5) is 25.4. The first-order valence-electron chi connectivity index (χ1n) is 10.6. The molecule has 0 aliphatic carbocycles. The highest BCUT2D eigenvalue weighted by Crippen LogP contribution is 2.37. The Bertz CT molecular complexity index is 1150. The van der Waals surface area contributed by atoms with E-state index in [0.717, 1.165) is 5.56 Å². The van der Waals surface area contributed by atoms with E-state index in [9.17, 15) is 9.59 Å². The number of hydrogen-bond acceptors (Lipinski definition) is 4. The zero-order chi connectivity index (χ0) is 23.6. The van der Waals surface area contributed by atoms with E-state index in [-0.39, 0.29) is 11.8 Å². The van der Waals surface area contributed by atoms with Crippen molar-refractivity contribution in [2.75, 3.05) is 23.8 Å². The fourth-order valence-electron chi connectivity index (χ4n) is 3.05. The molecule has 2 N–H and O–H groups in total. The lowest BCUT2D eigenvalue weighted by Crippen LogP contribution is -2.15. The third-order valence-corrected chi connectivity index (χ3v) is 5.22. The van der Waals surface area contributed by atoms with Crippen molar-refractivity contribution in [3.63, 3.8) is 0 Å². The van der Waals surface area contributed by atoms with E-state index >= 15 is 0 Å². The number of benzene rings is 3. The lowest BCUT2D eigenvalue weighted by Gasteiger charge is -2.17. The molecule has 6 nitrogen and oxygen atoms in total. The quantitative estimate of drug-likeness (QED) is 0.339. The molecule has 0 fully saturated rings. The highest BCUT2D eigenvalue weighted by molar-refractivity contribution is 9.10. The highest BCUT2D eigenvalue weighted by atomic mass is 79.9. The summed E-state index contributed by atoms with van der Waals surface area (Å²) in [5.41, 5.74) is 2.29. The summed E-state index contributed by atoms with van der Waals surface area (Å²) in [7, 11) is 0. The van der Waals surface area contributed by atoms with Crippen molar-refractivity contribution in [1.82, 2.24) is 0 Å². The molecule has 0 aliphatic heterocycles. The first kappa shape index (κ1) is 24.1. The number of halogens is 1. The van der Waals surface area contributed by atoms with E-state index in [4.69, 9.17) is 9.47 Å². The number of amides is 2. The van der Waals surface area contributed by atoms with Crippen LogP contribution in [0.4, 0.5) is 11.4 Å². The molecule has 0 spiro atoms. The van der Waals surface area contributed by atoms with Crippen molar-refractivity contribution in [3.05, 3.63) is 88.4 Å². The normalized spacial score (nSPS) is 10.6. The molecule has 0 saturated carbocycles. The maximum absolute atomic E-state index is 12.8. The fourth-order valence-corrected chi connectivity index (χ4v) is 3.52. The minimum absolute atomic E-state index is 0.298. The van der Waals surface area contributed by atoms with Gasteiger partial charge in [-0.25, -0.2) is 0 Å². The summed E-state index contributed by atoms with van der Waals surface area (Å²) in [5.74, 6) is 0.231. The van der Waals surface area contributed by atoms with Crippen LogP contribution < -0.4 is 20.1 Å². The van der Waals surface area contributed by atoms with Crippen molar-refractivity contribution in [3.8, 4) is 11.5 Å². The number of ether oxygens (including phenoxy) is 2. The van der Waals surface area contributed by atoms with Crippen LogP contribution in [-0.2, 0) is 4.79 Å². The Kier molecular flexibility index (Phi) is 8.66. The number of rotatable bonds is 9. The molecular formula is C26H25BrN2O4. The van der Waals surface area contributed by atoms with Gasteiger partial charge in [0.25, 0.3) is 5.91 Å². The van der Waals surface area contributed by atoms with Gasteiger partial charge in [0.2, 0.25) is 5.91 Å². The van der Waals surface area contributed by atoms with E-state index in [0.29, 0.717) is 46.1 Å². The standard InChI is InChI=1S/C26H25BrN2O4/c1-3-32-23-17-22(29-26(31)19-12-8-9-13-20(19)27)24(33-4-2)16-21(23)28-25(30)15-14-18-10-6-5-7-11-18/h5-17H,3-4H2,1-2H3,(H,28,30)(H,29,31)/b15-14+. The van der Waals surface area contributed by atoms with E-state index in [2.05, 4.69) is 26.6 Å². The summed E-state index contributed by atoms with van der Waals surface area (Å²) in [5, 5.41) is 5.71. The average Bonchev–Trinajstić information content (AvgIpc) is 2.81. The molecule has 3 aromatic carbocycles. The fraction of sp³-hybridized carbons (Fsp3) is 0.154. The number of anilines is 2. The summed E-state index contributed by atoms with van der Waals surface area (Å²) in [6.45, 7) is 4.45. The van der Waals surface area contributed by atoms with Crippen LogP contribution in [0.2, 0.25) is 0 Å². The molecule has 0 atom stereocenters. The van der Waals surface area contributed by atoms with Crippen LogP contribution in [0.1, 0.15) is 29.8 Å². The Balaban J connectivity index is 1.87. The molecule has 2 amide bonds. The highest BCUT2D eigenvalue weighted by Gasteiger charge is 2.17. The SMILES string of the molecule is CCOc1cc(NC(=O)c2ccccc2Br)c(OCC)cc1NC(=O)/C=C/c1ccccc1. The Morgan fingerprint density at radius 3 is 2.03 bits per heavy atom. The van der Waals surface area contributed by atoms with Crippen molar-refractivity contribution in [2.24, 2.45) is 0 Å². The Hall–Kier alpha value is -3.58. The molecule has 0 bridgehead atoms. The van der Waals surface area contributed by atoms with Crippen LogP contribution in [0.5, 0.6) is 11.5 Å². The maximum Gasteiger partial charge on any atom is 0.256 e. The predicted octanol–water partition coefficient (Wildman–Crippen LogP) is 6.15. The summed E-state index contributed by atoms with van der Waals surface area (Å²) >= 11 is 3.40. The molecule has 33 heavy (non-hydrogen) atoms. The molecule has 0 saturated heterocycles. The van der Waals surface area contributed by atoms with Crippen molar-refractivity contribution >= 4 is 45.2 Å². The second kappa shape index (κ2) is 11.9. The van der Waals surface area contributed by atoms with Gasteiger partial charge < -0.3 is 20.1 Å². The van der Waals surface area contributed by atoms with Crippen LogP contribution in [0.25, 0.3) is 6.08 Å². The number of carbonyl (C=O) groups is 2. The van der Waals surface area contributed by atoms with Gasteiger partial charge in [-0.15, -0.1) is 0 Å². The summed E-state index contributed by atoms with van der Waals surface area (Å²) < 4.78 is 12.1. The summed E-state index contributed by atoms with van der Waals surface area (Å²) in [6, 6.07) is 20.0. The van der Waals surface area contributed by atoms with Crippen LogP contribution in [0.3, 0.4) is 0 Å². The van der Waals surface area contributed by atoms with Crippen molar-refractivity contribution in [2.45, 2.75) is 13.8 Å². The van der Waals surface area contributed by atoms with Crippen LogP contribution in [0, 0.1) is 0 Å². The Labute approximate surface area is 201 Å². The molecule has 170 valence electrons. The van der Waals surface area contributed by atoms with Gasteiger partial charge in [-0.3, -0.25) is 9.59 Å². The average molecular weight is 509 g/mol. The van der Waals surface area contributed by atoms with Crippen molar-refractivity contribution in [1.29, 1.82) is 0 Å². The first-order valence-corrected chi connectivity index (χ1v) is 11.3. The molecule has 7 heteroatoms. The first-order chi connectivity index (χ1) is 16.0. The van der Waals surface area contributed by atoms with E-state index < -0.39 is 0 Å². The molecule has 0 aromatic heterocycles. The second-order valence-corrected chi connectivity index (χ2v) is 7.73. The van der Waals surface area contributed by atoms with E-state index in [1.54, 1.807) is 36.4 Å². The van der Waals surface area contributed by atoms with Gasteiger partial charge in [0, 0.05) is 22.7 Å². The van der Waals surface area contributed by atoms with Crippen LogP contribution in [0.15, 0.2) is 77.3 Å². The molecule has 0 radical (unpaired) electrons. The topological polar surface area (TPSA) is 76.7 Å². The zero-order valence-electron chi connectivity index (χ0n) is 18.4. The molecule has 0 unspecified atom stereocenters. The Morgan fingerprint density at radius 2 is 1.42 bits per heavy atom.